The van der Waals surface area contributed by atoms with Crippen molar-refractivity contribution < 1.29 is 14.6 Å². The van der Waals surface area contributed by atoms with E-state index in [-0.39, 0.29) is 6.61 Å². The van der Waals surface area contributed by atoms with Gasteiger partial charge in [0.2, 0.25) is 6.41 Å². The van der Waals surface area contributed by atoms with Gasteiger partial charge in [0.25, 0.3) is 0 Å². The molecule has 0 saturated carbocycles. The predicted molar refractivity (Wildman–Crippen MR) is 51.1 cm³/mol. The van der Waals surface area contributed by atoms with Gasteiger partial charge in [-0.15, -0.1) is 0 Å². The number of nitrogens with zero attached hydrogens (tertiary/aromatic N) is 1. The van der Waals surface area contributed by atoms with Crippen LogP contribution in [0.15, 0.2) is 18.3 Å². The number of nitrogens with one attached hydrogen (secondary N) is 1. The van der Waals surface area contributed by atoms with Gasteiger partial charge in [-0.1, -0.05) is 0 Å². The minimum Gasteiger partial charge on any atom is -0.493 e. The van der Waals surface area contributed by atoms with Crippen molar-refractivity contribution in [1.82, 2.24) is 4.98 Å². The van der Waals surface area contributed by atoms with Crippen molar-refractivity contribution >= 4 is 12.2 Å². The smallest absolute Gasteiger partial charge is 0.212 e. The number of rotatable bonds is 6. The maximum Gasteiger partial charge on any atom is 0.212 e. The van der Waals surface area contributed by atoms with Crippen LogP contribution in [0.2, 0.25) is 0 Å². The first-order chi connectivity index (χ1) is 6.86. The lowest BCUT2D eigenvalue weighted by atomic mass is 10.4. The van der Waals surface area contributed by atoms with Crippen molar-refractivity contribution in [3.8, 4) is 5.75 Å². The molecule has 1 aromatic rings. The molecule has 1 rings (SSSR count). The molecule has 0 saturated heterocycles. The Kier molecular flexibility index (Phi) is 4.43. The Labute approximate surface area is 81.7 Å². The highest BCUT2D eigenvalue weighted by molar-refractivity contribution is 5.69. The Morgan fingerprint density at radius 1 is 1.64 bits per heavy atom. The number of anilines is 1. The van der Waals surface area contributed by atoms with Crippen molar-refractivity contribution in [3.05, 3.63) is 18.3 Å². The highest BCUT2D eigenvalue weighted by Gasteiger charge is 1.96. The first-order valence-electron chi connectivity index (χ1n) is 4.26. The Hall–Kier alpha value is -1.62. The summed E-state index contributed by atoms with van der Waals surface area (Å²) < 4.78 is 5.28. The van der Waals surface area contributed by atoms with E-state index >= 15 is 0 Å². The van der Waals surface area contributed by atoms with Gasteiger partial charge in [-0.2, -0.15) is 0 Å². The van der Waals surface area contributed by atoms with Crippen LogP contribution < -0.4 is 10.1 Å². The summed E-state index contributed by atoms with van der Waals surface area (Å²) in [5.74, 6) is 1.07. The summed E-state index contributed by atoms with van der Waals surface area (Å²) in [5.41, 5.74) is 0. The van der Waals surface area contributed by atoms with E-state index in [2.05, 4.69) is 10.3 Å². The molecule has 0 fully saturated rings. The zero-order chi connectivity index (χ0) is 10.2. The van der Waals surface area contributed by atoms with Crippen LogP contribution in [0, 0.1) is 0 Å². The third-order valence-corrected chi connectivity index (χ3v) is 1.51. The number of carbonyl (C=O) groups is 1. The van der Waals surface area contributed by atoms with Crippen LogP contribution in [0.25, 0.3) is 0 Å². The monoisotopic (exact) mass is 196 g/mol. The van der Waals surface area contributed by atoms with Gasteiger partial charge in [-0.25, -0.2) is 4.98 Å². The van der Waals surface area contributed by atoms with Gasteiger partial charge < -0.3 is 15.2 Å². The number of aromatic nitrogens is 1. The summed E-state index contributed by atoms with van der Waals surface area (Å²) in [6.45, 7) is 0.547. The molecule has 0 bridgehead atoms. The quantitative estimate of drug-likeness (QED) is 0.510. The van der Waals surface area contributed by atoms with E-state index in [1.807, 2.05) is 0 Å². The van der Waals surface area contributed by atoms with Gasteiger partial charge in [-0.3, -0.25) is 4.79 Å². The normalized spacial score (nSPS) is 9.50. The summed E-state index contributed by atoms with van der Waals surface area (Å²) in [7, 11) is 0. The average Bonchev–Trinajstić information content (AvgIpc) is 2.19. The first-order valence-corrected chi connectivity index (χ1v) is 4.26. The summed E-state index contributed by atoms with van der Waals surface area (Å²) >= 11 is 0. The van der Waals surface area contributed by atoms with Crippen LogP contribution in [0.4, 0.5) is 5.82 Å². The van der Waals surface area contributed by atoms with Crippen molar-refractivity contribution in [2.24, 2.45) is 0 Å². The Bertz CT molecular complexity index is 291. The molecule has 0 aliphatic rings. The molecule has 0 aliphatic carbocycles. The molecule has 2 N–H and O–H groups in total. The lowest BCUT2D eigenvalue weighted by Gasteiger charge is -2.05. The van der Waals surface area contributed by atoms with E-state index in [4.69, 9.17) is 9.84 Å². The minimum atomic E-state index is 0.102. The average molecular weight is 196 g/mol. The second-order valence-electron chi connectivity index (χ2n) is 2.56. The maximum atomic E-state index is 10.1. The summed E-state index contributed by atoms with van der Waals surface area (Å²) in [6, 6.07) is 3.30. The zero-order valence-electron chi connectivity index (χ0n) is 7.64. The number of aliphatic hydroxyl groups excluding tert-OH is 1. The highest BCUT2D eigenvalue weighted by Crippen LogP contribution is 2.13. The fourth-order valence-electron chi connectivity index (χ4n) is 0.895. The third-order valence-electron chi connectivity index (χ3n) is 1.51. The largest absolute Gasteiger partial charge is 0.493 e. The molecule has 14 heavy (non-hydrogen) atoms. The number of ether oxygens (including phenoxy) is 1. The molecular weight excluding hydrogens is 184 g/mol. The number of carbonyl (C=O) groups excluding carboxylic acids is 1. The molecule has 1 aromatic heterocycles. The number of hydrogen-bond acceptors (Lipinski definition) is 4. The van der Waals surface area contributed by atoms with Gasteiger partial charge in [0, 0.05) is 25.3 Å². The fourth-order valence-corrected chi connectivity index (χ4v) is 0.895. The molecule has 0 aliphatic heterocycles. The van der Waals surface area contributed by atoms with Crippen LogP contribution in [-0.2, 0) is 4.79 Å². The van der Waals surface area contributed by atoms with Gasteiger partial charge in [-0.05, 0) is 6.07 Å². The van der Waals surface area contributed by atoms with Crippen molar-refractivity contribution in [1.29, 1.82) is 0 Å². The molecule has 5 heteroatoms. The van der Waals surface area contributed by atoms with Crippen LogP contribution in [0.3, 0.4) is 0 Å². The predicted octanol–water partition coefficient (Wildman–Crippen LogP) is 0.411. The summed E-state index contributed by atoms with van der Waals surface area (Å²) in [6.07, 6.45) is 2.68. The van der Waals surface area contributed by atoms with E-state index in [0.29, 0.717) is 31.0 Å². The highest BCUT2D eigenvalue weighted by atomic mass is 16.5. The molecule has 0 spiro atoms. The standard InChI is InChI=1S/C9H12N2O3/c12-4-1-5-14-8-2-3-10-9(6-8)11-7-13/h2-3,6-7,12H,1,4-5H2,(H,10,11,13). The number of aliphatic hydroxyl groups is 1. The van der Waals surface area contributed by atoms with Gasteiger partial charge >= 0.3 is 0 Å². The summed E-state index contributed by atoms with van der Waals surface area (Å²) in [5, 5.41) is 10.9. The van der Waals surface area contributed by atoms with Crippen molar-refractivity contribution in [3.63, 3.8) is 0 Å². The molecule has 0 unspecified atom stereocenters. The van der Waals surface area contributed by atoms with Crippen LogP contribution in [0.1, 0.15) is 6.42 Å². The number of pyridine rings is 1. The third kappa shape index (κ3) is 3.40. The molecule has 5 nitrogen and oxygen atoms in total. The van der Waals surface area contributed by atoms with Crippen LogP contribution >= 0.6 is 0 Å². The molecule has 0 atom stereocenters. The van der Waals surface area contributed by atoms with Crippen molar-refractivity contribution in [2.45, 2.75) is 6.42 Å². The molecule has 76 valence electrons. The first kappa shape index (κ1) is 10.5. The number of amides is 1. The Morgan fingerprint density at radius 2 is 2.50 bits per heavy atom. The lowest BCUT2D eigenvalue weighted by Crippen LogP contribution is -2.01. The topological polar surface area (TPSA) is 71.5 Å². The van der Waals surface area contributed by atoms with E-state index in [0.717, 1.165) is 0 Å². The molecule has 0 radical (unpaired) electrons. The molecule has 1 heterocycles. The molecule has 1 amide bonds. The van der Waals surface area contributed by atoms with E-state index in [1.165, 1.54) is 0 Å². The second-order valence-corrected chi connectivity index (χ2v) is 2.56. The van der Waals surface area contributed by atoms with Gasteiger partial charge in [0.1, 0.15) is 11.6 Å². The van der Waals surface area contributed by atoms with Gasteiger partial charge in [0.15, 0.2) is 0 Å². The lowest BCUT2D eigenvalue weighted by molar-refractivity contribution is -0.105. The Morgan fingerprint density at radius 3 is 3.21 bits per heavy atom. The maximum absolute atomic E-state index is 10.1. The van der Waals surface area contributed by atoms with Gasteiger partial charge in [0.05, 0.1) is 6.61 Å². The SMILES string of the molecule is O=CNc1cc(OCCCO)ccn1. The second kappa shape index (κ2) is 5.93. The Balaban J connectivity index is 2.50. The van der Waals surface area contributed by atoms with E-state index in [9.17, 15) is 4.79 Å². The minimum absolute atomic E-state index is 0.102. The van der Waals surface area contributed by atoms with E-state index in [1.54, 1.807) is 18.3 Å². The zero-order valence-corrected chi connectivity index (χ0v) is 7.64. The summed E-state index contributed by atoms with van der Waals surface area (Å²) in [4.78, 5) is 14.0. The number of hydrogen-bond donors (Lipinski definition) is 2. The molecule has 0 aromatic carbocycles. The van der Waals surface area contributed by atoms with Crippen molar-refractivity contribution in [2.75, 3.05) is 18.5 Å². The van der Waals surface area contributed by atoms with Crippen LogP contribution in [0.5, 0.6) is 5.75 Å². The van der Waals surface area contributed by atoms with E-state index < -0.39 is 0 Å². The van der Waals surface area contributed by atoms with Crippen LogP contribution in [-0.4, -0.2) is 29.7 Å². The molecular formula is C9H12N2O3. The fraction of sp³-hybridized carbons (Fsp3) is 0.333.